The third-order valence-corrected chi connectivity index (χ3v) is 6.35. The van der Waals surface area contributed by atoms with E-state index in [0.717, 1.165) is 36.2 Å². The van der Waals surface area contributed by atoms with E-state index < -0.39 is 0 Å². The van der Waals surface area contributed by atoms with Gasteiger partial charge >= 0.3 is 0 Å². The van der Waals surface area contributed by atoms with Gasteiger partial charge in [0.05, 0.1) is 16.7 Å². The van der Waals surface area contributed by atoms with Gasteiger partial charge in [-0.2, -0.15) is 0 Å². The van der Waals surface area contributed by atoms with Crippen molar-refractivity contribution < 1.29 is 4.79 Å². The van der Waals surface area contributed by atoms with E-state index in [9.17, 15) is 9.59 Å². The molecule has 1 amide bonds. The quantitative estimate of drug-likeness (QED) is 0.533. The number of fused-ring (bicyclic) bond motifs is 3. The Morgan fingerprint density at radius 2 is 1.76 bits per heavy atom. The maximum atomic E-state index is 12.9. The summed E-state index contributed by atoms with van der Waals surface area (Å²) in [4.78, 5) is 33.8. The van der Waals surface area contributed by atoms with E-state index in [4.69, 9.17) is 0 Å². The topological polar surface area (TPSA) is 67.2 Å². The first kappa shape index (κ1) is 18.0. The van der Waals surface area contributed by atoms with Crippen LogP contribution < -0.4 is 10.7 Å². The largest absolute Gasteiger partial charge is 0.331 e. The molecule has 3 heterocycles. The number of hydrogen-bond acceptors (Lipinski definition) is 5. The van der Waals surface area contributed by atoms with Crippen LogP contribution in [0.2, 0.25) is 0 Å². The van der Waals surface area contributed by atoms with Crippen LogP contribution in [-0.4, -0.2) is 34.0 Å². The third kappa shape index (κ3) is 3.22. The van der Waals surface area contributed by atoms with Gasteiger partial charge in [0.25, 0.3) is 0 Å². The van der Waals surface area contributed by atoms with E-state index in [1.807, 2.05) is 53.1 Å². The van der Waals surface area contributed by atoms with Crippen LogP contribution in [0.4, 0.5) is 5.13 Å². The SMILES string of the molecule is CN1CCc2nc(NC(=O)Cn3c4ccccc4c(=O)c4ccccc43)sc2C1. The van der Waals surface area contributed by atoms with Crippen LogP contribution >= 0.6 is 11.3 Å². The van der Waals surface area contributed by atoms with E-state index >= 15 is 0 Å². The summed E-state index contributed by atoms with van der Waals surface area (Å²) in [7, 11) is 2.09. The molecule has 146 valence electrons. The molecule has 0 atom stereocenters. The lowest BCUT2D eigenvalue weighted by atomic mass is 10.1. The minimum Gasteiger partial charge on any atom is -0.331 e. The van der Waals surface area contributed by atoms with Crippen LogP contribution in [0.3, 0.4) is 0 Å². The Morgan fingerprint density at radius 3 is 2.45 bits per heavy atom. The van der Waals surface area contributed by atoms with Gasteiger partial charge in [-0.15, -0.1) is 11.3 Å². The van der Waals surface area contributed by atoms with Gasteiger partial charge in [0.1, 0.15) is 6.54 Å². The number of hydrogen-bond donors (Lipinski definition) is 1. The van der Waals surface area contributed by atoms with Crippen molar-refractivity contribution in [3.05, 3.63) is 69.3 Å². The zero-order valence-corrected chi connectivity index (χ0v) is 16.8. The van der Waals surface area contributed by atoms with Crippen LogP contribution in [0.25, 0.3) is 21.8 Å². The highest BCUT2D eigenvalue weighted by Crippen LogP contribution is 2.28. The van der Waals surface area contributed by atoms with Crippen LogP contribution in [0, 0.1) is 0 Å². The predicted molar refractivity (Wildman–Crippen MR) is 116 cm³/mol. The van der Waals surface area contributed by atoms with Crippen molar-refractivity contribution in [3.8, 4) is 0 Å². The zero-order chi connectivity index (χ0) is 20.0. The number of anilines is 1. The molecule has 0 radical (unpaired) electrons. The minimum atomic E-state index is -0.150. The Balaban J connectivity index is 1.51. The van der Waals surface area contributed by atoms with Crippen molar-refractivity contribution in [1.29, 1.82) is 0 Å². The summed E-state index contributed by atoms with van der Waals surface area (Å²) in [6.07, 6.45) is 0.910. The summed E-state index contributed by atoms with van der Waals surface area (Å²) in [6, 6.07) is 14.9. The lowest BCUT2D eigenvalue weighted by Gasteiger charge is -2.20. The first-order valence-electron chi connectivity index (χ1n) is 9.57. The van der Waals surface area contributed by atoms with Crippen molar-refractivity contribution in [3.63, 3.8) is 0 Å². The molecular weight excluding hydrogens is 384 g/mol. The maximum absolute atomic E-state index is 12.9. The van der Waals surface area contributed by atoms with Crippen molar-refractivity contribution in [2.24, 2.45) is 0 Å². The number of thiazole rings is 1. The fourth-order valence-corrected chi connectivity index (χ4v) is 5.03. The summed E-state index contributed by atoms with van der Waals surface area (Å²) in [6.45, 7) is 1.98. The molecule has 4 aromatic rings. The van der Waals surface area contributed by atoms with Gasteiger partial charge in [-0.3, -0.25) is 9.59 Å². The number of nitrogens with one attached hydrogen (secondary N) is 1. The molecule has 0 bridgehead atoms. The zero-order valence-electron chi connectivity index (χ0n) is 16.0. The van der Waals surface area contributed by atoms with Gasteiger partial charge in [0.2, 0.25) is 5.91 Å². The summed E-state index contributed by atoms with van der Waals surface area (Å²) < 4.78 is 1.91. The number of carbonyl (C=O) groups is 1. The van der Waals surface area contributed by atoms with E-state index in [2.05, 4.69) is 22.2 Å². The molecule has 1 aliphatic heterocycles. The molecule has 0 unspecified atom stereocenters. The molecule has 5 rings (SSSR count). The van der Waals surface area contributed by atoms with Crippen molar-refractivity contribution >= 4 is 44.2 Å². The third-order valence-electron chi connectivity index (χ3n) is 5.35. The summed E-state index contributed by atoms with van der Waals surface area (Å²) in [5.74, 6) is -0.150. The highest BCUT2D eigenvalue weighted by Gasteiger charge is 2.20. The molecule has 7 heteroatoms. The molecule has 1 aliphatic rings. The fourth-order valence-electron chi connectivity index (χ4n) is 3.93. The Labute approximate surface area is 171 Å². The standard InChI is InChI=1S/C22H20N4O2S/c1-25-11-10-16-19(12-25)29-22(23-16)24-20(27)13-26-17-8-4-2-6-14(17)21(28)15-7-3-5-9-18(15)26/h2-9H,10-13H2,1H3,(H,23,24,27). The molecule has 0 saturated carbocycles. The molecule has 0 aliphatic carbocycles. The number of rotatable bonds is 3. The van der Waals surface area contributed by atoms with Gasteiger partial charge < -0.3 is 14.8 Å². The summed E-state index contributed by atoms with van der Waals surface area (Å²) in [5.41, 5.74) is 2.59. The lowest BCUT2D eigenvalue weighted by Crippen LogP contribution is -2.25. The second-order valence-electron chi connectivity index (χ2n) is 7.37. The smallest absolute Gasteiger partial charge is 0.246 e. The number of likely N-dealkylation sites (N-methyl/N-ethyl adjacent to an activating group) is 1. The van der Waals surface area contributed by atoms with Crippen LogP contribution in [0.1, 0.15) is 10.6 Å². The highest BCUT2D eigenvalue weighted by atomic mass is 32.1. The van der Waals surface area contributed by atoms with Gasteiger partial charge in [-0.05, 0) is 31.3 Å². The average Bonchev–Trinajstić information content (AvgIpc) is 3.12. The van der Waals surface area contributed by atoms with Crippen molar-refractivity contribution in [2.45, 2.75) is 19.5 Å². The molecular formula is C22H20N4O2S. The highest BCUT2D eigenvalue weighted by molar-refractivity contribution is 7.15. The molecule has 2 aromatic carbocycles. The Bertz CT molecular complexity index is 1250. The molecule has 0 spiro atoms. The van der Waals surface area contributed by atoms with E-state index in [1.165, 1.54) is 4.88 Å². The Kier molecular flexibility index (Phi) is 4.41. The van der Waals surface area contributed by atoms with Crippen LogP contribution in [0.15, 0.2) is 53.3 Å². The predicted octanol–water partition coefficient (Wildman–Crippen LogP) is 3.24. The van der Waals surface area contributed by atoms with Crippen LogP contribution in [-0.2, 0) is 24.3 Å². The van der Waals surface area contributed by atoms with Gasteiger partial charge in [-0.1, -0.05) is 24.3 Å². The second-order valence-corrected chi connectivity index (χ2v) is 8.46. The number of aromatic nitrogens is 2. The molecule has 29 heavy (non-hydrogen) atoms. The number of para-hydroxylation sites is 2. The van der Waals surface area contributed by atoms with Gasteiger partial charge in [0, 0.05) is 35.2 Å². The first-order valence-corrected chi connectivity index (χ1v) is 10.4. The van der Waals surface area contributed by atoms with E-state index in [1.54, 1.807) is 11.3 Å². The molecule has 2 aromatic heterocycles. The van der Waals surface area contributed by atoms with Crippen molar-refractivity contribution in [1.82, 2.24) is 14.5 Å². The maximum Gasteiger partial charge on any atom is 0.246 e. The summed E-state index contributed by atoms with van der Waals surface area (Å²) >= 11 is 1.54. The second kappa shape index (κ2) is 7.09. The van der Waals surface area contributed by atoms with Gasteiger partial charge in [0.15, 0.2) is 10.6 Å². The lowest BCUT2D eigenvalue weighted by molar-refractivity contribution is -0.116. The molecule has 1 N–H and O–H groups in total. The summed E-state index contributed by atoms with van der Waals surface area (Å²) in [5, 5.41) is 4.84. The number of nitrogens with zero attached hydrogens (tertiary/aromatic N) is 3. The monoisotopic (exact) mass is 404 g/mol. The number of amides is 1. The molecule has 0 fully saturated rings. The molecule has 6 nitrogen and oxygen atoms in total. The Morgan fingerprint density at radius 1 is 1.10 bits per heavy atom. The number of carbonyl (C=O) groups excluding carboxylic acids is 1. The Hall–Kier alpha value is -3.03. The van der Waals surface area contributed by atoms with E-state index in [0.29, 0.717) is 15.9 Å². The fraction of sp³-hybridized carbons (Fsp3) is 0.227. The molecule has 0 saturated heterocycles. The number of benzene rings is 2. The van der Waals surface area contributed by atoms with Gasteiger partial charge in [-0.25, -0.2) is 4.98 Å². The minimum absolute atomic E-state index is 0.00965. The first-order chi connectivity index (χ1) is 14.1. The van der Waals surface area contributed by atoms with Crippen molar-refractivity contribution in [2.75, 3.05) is 18.9 Å². The normalized spacial score (nSPS) is 14.2. The average molecular weight is 404 g/mol. The van der Waals surface area contributed by atoms with E-state index in [-0.39, 0.29) is 17.9 Å². The number of pyridine rings is 1. The van der Waals surface area contributed by atoms with Crippen LogP contribution in [0.5, 0.6) is 0 Å².